The van der Waals surface area contributed by atoms with Crippen molar-refractivity contribution < 1.29 is 14.3 Å². The summed E-state index contributed by atoms with van der Waals surface area (Å²) in [6.07, 6.45) is 1.25. The number of carbonyl (C=O) groups is 2. The van der Waals surface area contributed by atoms with Crippen LogP contribution in [0.25, 0.3) is 5.57 Å². The topological polar surface area (TPSA) is 81.4 Å². The molecule has 1 heterocycles. The largest absolute Gasteiger partial charge is 0.455 e. The molecule has 3 N–H and O–H groups in total. The number of nitrogen functional groups attached to an aromatic ring is 1. The molecule has 1 aliphatic heterocycles. The fraction of sp³-hybridized carbons (Fsp3) is 0. The Bertz CT molecular complexity index is 751. The molecule has 0 fully saturated rings. The van der Waals surface area contributed by atoms with Crippen molar-refractivity contribution >= 4 is 23.1 Å². The summed E-state index contributed by atoms with van der Waals surface area (Å²) in [5.74, 6) is 0.0633. The molecule has 0 aliphatic carbocycles. The normalized spacial score (nSPS) is 13.8. The molecule has 3 rings (SSSR count). The minimum atomic E-state index is -0.455. The van der Waals surface area contributed by atoms with E-state index in [-0.39, 0.29) is 5.57 Å². The van der Waals surface area contributed by atoms with Crippen LogP contribution in [-0.4, -0.2) is 11.8 Å². The van der Waals surface area contributed by atoms with Gasteiger partial charge in [0.2, 0.25) is 0 Å². The van der Waals surface area contributed by atoms with Gasteiger partial charge in [-0.1, -0.05) is 30.3 Å². The predicted octanol–water partition coefficient (Wildman–Crippen LogP) is 2.10. The molecule has 5 heteroatoms. The van der Waals surface area contributed by atoms with Crippen LogP contribution in [0.2, 0.25) is 0 Å². The van der Waals surface area contributed by atoms with Crippen LogP contribution in [0, 0.1) is 0 Å². The van der Waals surface area contributed by atoms with E-state index in [0.29, 0.717) is 22.7 Å². The highest BCUT2D eigenvalue weighted by Crippen LogP contribution is 2.36. The average Bonchev–Trinajstić information content (AvgIpc) is 2.81. The van der Waals surface area contributed by atoms with E-state index in [9.17, 15) is 9.59 Å². The van der Waals surface area contributed by atoms with Crippen LogP contribution >= 0.6 is 0 Å². The second-order valence-electron chi connectivity index (χ2n) is 4.52. The second kappa shape index (κ2) is 5.13. The summed E-state index contributed by atoms with van der Waals surface area (Å²) < 4.78 is 5.78. The van der Waals surface area contributed by atoms with Gasteiger partial charge in [0.15, 0.2) is 5.75 Å². The molecule has 0 aromatic heterocycles. The minimum Gasteiger partial charge on any atom is -0.455 e. The molecule has 2 aromatic rings. The maximum absolute atomic E-state index is 11.8. The smallest absolute Gasteiger partial charge is 0.259 e. The van der Waals surface area contributed by atoms with Crippen LogP contribution < -0.4 is 15.8 Å². The number of nitrogens with one attached hydrogen (secondary N) is 1. The van der Waals surface area contributed by atoms with E-state index in [0.717, 1.165) is 0 Å². The number of imide groups is 1. The molecule has 0 radical (unpaired) electrons. The zero-order valence-electron chi connectivity index (χ0n) is 11.0. The quantitative estimate of drug-likeness (QED) is 0.666. The highest BCUT2D eigenvalue weighted by atomic mass is 16.5. The van der Waals surface area contributed by atoms with Crippen molar-refractivity contribution in [1.82, 2.24) is 5.32 Å². The van der Waals surface area contributed by atoms with Gasteiger partial charge in [-0.3, -0.25) is 14.9 Å². The van der Waals surface area contributed by atoms with E-state index < -0.39 is 11.8 Å². The summed E-state index contributed by atoms with van der Waals surface area (Å²) in [4.78, 5) is 23.1. The number of anilines is 1. The summed E-state index contributed by atoms with van der Waals surface area (Å²) in [7, 11) is 0. The van der Waals surface area contributed by atoms with Gasteiger partial charge in [0.05, 0.1) is 11.3 Å². The zero-order chi connectivity index (χ0) is 14.8. The first kappa shape index (κ1) is 12.9. The van der Waals surface area contributed by atoms with Gasteiger partial charge in [0, 0.05) is 11.6 Å². The van der Waals surface area contributed by atoms with Gasteiger partial charge in [0.1, 0.15) is 5.75 Å². The summed E-state index contributed by atoms with van der Waals surface area (Å²) in [6.45, 7) is 0. The molecule has 5 nitrogen and oxygen atoms in total. The van der Waals surface area contributed by atoms with Crippen LogP contribution in [-0.2, 0) is 9.59 Å². The molecular weight excluding hydrogens is 268 g/mol. The molecule has 0 saturated carbocycles. The van der Waals surface area contributed by atoms with E-state index in [1.165, 1.54) is 6.08 Å². The standard InChI is InChI=1S/C16H12N2O3/c17-13-8-4-7-11(12-9-14(19)18-16(12)20)15(13)21-10-5-2-1-3-6-10/h1-9H,17H2,(H,18,19,20). The molecule has 2 amide bonds. The molecule has 104 valence electrons. The van der Waals surface area contributed by atoms with Crippen LogP contribution in [0.3, 0.4) is 0 Å². The summed E-state index contributed by atoms with van der Waals surface area (Å²) >= 11 is 0. The van der Waals surface area contributed by atoms with Crippen molar-refractivity contribution in [2.75, 3.05) is 5.73 Å². The Morgan fingerprint density at radius 1 is 0.952 bits per heavy atom. The van der Waals surface area contributed by atoms with Gasteiger partial charge in [0.25, 0.3) is 11.8 Å². The number of amides is 2. The Kier molecular flexibility index (Phi) is 3.16. The molecule has 0 bridgehead atoms. The number of carbonyl (C=O) groups excluding carboxylic acids is 2. The fourth-order valence-electron chi connectivity index (χ4n) is 2.10. The maximum atomic E-state index is 11.8. The number of benzene rings is 2. The molecule has 0 atom stereocenters. The molecular formula is C16H12N2O3. The summed E-state index contributed by atoms with van der Waals surface area (Å²) in [5.41, 5.74) is 7.08. The third-order valence-electron chi connectivity index (χ3n) is 3.06. The van der Waals surface area contributed by atoms with Crippen LogP contribution in [0.15, 0.2) is 54.6 Å². The van der Waals surface area contributed by atoms with E-state index in [4.69, 9.17) is 10.5 Å². The minimum absolute atomic E-state index is 0.248. The van der Waals surface area contributed by atoms with Gasteiger partial charge < -0.3 is 10.5 Å². The van der Waals surface area contributed by atoms with Crippen molar-refractivity contribution in [2.45, 2.75) is 0 Å². The Labute approximate surface area is 121 Å². The first-order valence-electron chi connectivity index (χ1n) is 6.34. The predicted molar refractivity (Wildman–Crippen MR) is 78.5 cm³/mol. The van der Waals surface area contributed by atoms with E-state index in [1.54, 1.807) is 30.3 Å². The average molecular weight is 280 g/mol. The van der Waals surface area contributed by atoms with Gasteiger partial charge >= 0.3 is 0 Å². The maximum Gasteiger partial charge on any atom is 0.259 e. The molecule has 2 aromatic carbocycles. The van der Waals surface area contributed by atoms with Crippen molar-refractivity contribution in [3.05, 3.63) is 60.2 Å². The SMILES string of the molecule is Nc1cccc(C2=CC(=O)NC2=O)c1Oc1ccccc1. The first-order valence-corrected chi connectivity index (χ1v) is 6.34. The molecule has 1 aliphatic rings. The third-order valence-corrected chi connectivity index (χ3v) is 3.06. The number of ether oxygens (including phenoxy) is 1. The number of hydrogen-bond acceptors (Lipinski definition) is 4. The van der Waals surface area contributed by atoms with Crippen LogP contribution in [0.4, 0.5) is 5.69 Å². The number of hydrogen-bond donors (Lipinski definition) is 2. The van der Waals surface area contributed by atoms with Gasteiger partial charge in [-0.25, -0.2) is 0 Å². The zero-order valence-corrected chi connectivity index (χ0v) is 11.0. The van der Waals surface area contributed by atoms with E-state index >= 15 is 0 Å². The van der Waals surface area contributed by atoms with Crippen molar-refractivity contribution in [3.63, 3.8) is 0 Å². The lowest BCUT2D eigenvalue weighted by atomic mass is 10.0. The number of para-hydroxylation sites is 2. The molecule has 21 heavy (non-hydrogen) atoms. The number of rotatable bonds is 3. The Morgan fingerprint density at radius 2 is 1.71 bits per heavy atom. The Morgan fingerprint density at radius 3 is 2.38 bits per heavy atom. The summed E-state index contributed by atoms with van der Waals surface area (Å²) in [6, 6.07) is 14.2. The lowest BCUT2D eigenvalue weighted by Crippen LogP contribution is -2.21. The lowest BCUT2D eigenvalue weighted by molar-refractivity contribution is -0.123. The Hall–Kier alpha value is -3.08. The van der Waals surface area contributed by atoms with Crippen molar-refractivity contribution in [1.29, 1.82) is 0 Å². The summed E-state index contributed by atoms with van der Waals surface area (Å²) in [5, 5.41) is 2.21. The first-order chi connectivity index (χ1) is 10.1. The molecule has 0 spiro atoms. The highest BCUT2D eigenvalue weighted by molar-refractivity contribution is 6.34. The van der Waals surface area contributed by atoms with Crippen LogP contribution in [0.5, 0.6) is 11.5 Å². The van der Waals surface area contributed by atoms with Crippen LogP contribution in [0.1, 0.15) is 5.56 Å². The van der Waals surface area contributed by atoms with Crippen molar-refractivity contribution in [3.8, 4) is 11.5 Å². The van der Waals surface area contributed by atoms with Gasteiger partial charge in [-0.2, -0.15) is 0 Å². The molecule has 0 saturated heterocycles. The van der Waals surface area contributed by atoms with Gasteiger partial charge in [-0.05, 0) is 18.2 Å². The second-order valence-corrected chi connectivity index (χ2v) is 4.52. The van der Waals surface area contributed by atoms with Gasteiger partial charge in [-0.15, -0.1) is 0 Å². The Balaban J connectivity index is 2.06. The van der Waals surface area contributed by atoms with E-state index in [2.05, 4.69) is 5.32 Å². The van der Waals surface area contributed by atoms with Crippen molar-refractivity contribution in [2.24, 2.45) is 0 Å². The molecule has 0 unspecified atom stereocenters. The third kappa shape index (κ3) is 2.49. The van der Waals surface area contributed by atoms with E-state index in [1.807, 2.05) is 18.2 Å². The number of nitrogens with two attached hydrogens (primary N) is 1. The fourth-order valence-corrected chi connectivity index (χ4v) is 2.10. The monoisotopic (exact) mass is 280 g/mol. The highest BCUT2D eigenvalue weighted by Gasteiger charge is 2.25. The lowest BCUT2D eigenvalue weighted by Gasteiger charge is -2.13.